The molecule has 0 aliphatic rings. The average molecular weight is 241 g/mol. The number of aryl methyl sites for hydroxylation is 1. The molecule has 2 nitrogen and oxygen atoms in total. The van der Waals surface area contributed by atoms with Gasteiger partial charge < -0.3 is 9.73 Å². The maximum atomic E-state index is 5.73. The zero-order chi connectivity index (χ0) is 12.0. The molecule has 0 aromatic carbocycles. The molecule has 1 aromatic heterocycles. The molecule has 0 saturated heterocycles. The zero-order valence-corrected chi connectivity index (χ0v) is 11.6. The minimum atomic E-state index is 0.299. The molecule has 0 bridgehead atoms. The molecule has 16 heavy (non-hydrogen) atoms. The topological polar surface area (TPSA) is 25.2 Å². The smallest absolute Gasteiger partial charge is 0.120 e. The van der Waals surface area contributed by atoms with Crippen LogP contribution in [0, 0.1) is 0 Å². The molecule has 0 fully saturated rings. The van der Waals surface area contributed by atoms with Crippen molar-refractivity contribution in [2.45, 2.75) is 46.2 Å². The summed E-state index contributed by atoms with van der Waals surface area (Å²) in [6.07, 6.45) is 0.966. The second kappa shape index (κ2) is 7.02. The molecule has 3 heteroatoms. The minimum Gasteiger partial charge on any atom is -0.464 e. The lowest BCUT2D eigenvalue weighted by Crippen LogP contribution is -2.30. The van der Waals surface area contributed by atoms with Gasteiger partial charge >= 0.3 is 0 Å². The third-order valence-corrected chi connectivity index (χ3v) is 3.71. The number of rotatable bonds is 7. The van der Waals surface area contributed by atoms with E-state index in [2.05, 4.69) is 45.1 Å². The van der Waals surface area contributed by atoms with Gasteiger partial charge in [-0.25, -0.2) is 0 Å². The Bertz CT molecular complexity index is 298. The molecule has 2 atom stereocenters. The second-order valence-corrected chi connectivity index (χ2v) is 5.43. The highest BCUT2D eigenvalue weighted by Crippen LogP contribution is 2.17. The summed E-state index contributed by atoms with van der Waals surface area (Å²) in [5, 5.41) is 3.55. The SMILES string of the molecule is CCSCC(C)NC(C)c1ccc(CC)o1. The fourth-order valence-electron chi connectivity index (χ4n) is 1.67. The first-order valence-corrected chi connectivity index (χ1v) is 7.25. The van der Waals surface area contributed by atoms with Crippen LogP contribution in [0.1, 0.15) is 45.3 Å². The van der Waals surface area contributed by atoms with Gasteiger partial charge in [-0.2, -0.15) is 11.8 Å². The van der Waals surface area contributed by atoms with Gasteiger partial charge in [-0.05, 0) is 31.7 Å². The lowest BCUT2D eigenvalue weighted by atomic mass is 10.2. The van der Waals surface area contributed by atoms with Crippen molar-refractivity contribution in [2.75, 3.05) is 11.5 Å². The molecule has 0 amide bonds. The molecule has 1 aromatic rings. The molecule has 1 rings (SSSR count). The molecule has 0 radical (unpaired) electrons. The molecule has 92 valence electrons. The van der Waals surface area contributed by atoms with E-state index in [0.717, 1.165) is 23.7 Å². The minimum absolute atomic E-state index is 0.299. The van der Waals surface area contributed by atoms with Crippen LogP contribution in [-0.4, -0.2) is 17.5 Å². The van der Waals surface area contributed by atoms with E-state index in [4.69, 9.17) is 4.42 Å². The highest BCUT2D eigenvalue weighted by atomic mass is 32.2. The van der Waals surface area contributed by atoms with Crippen LogP contribution in [0.25, 0.3) is 0 Å². The van der Waals surface area contributed by atoms with Gasteiger partial charge in [0.25, 0.3) is 0 Å². The summed E-state index contributed by atoms with van der Waals surface area (Å²) in [6.45, 7) is 8.69. The molecule has 0 aliphatic carbocycles. The number of hydrogen-bond donors (Lipinski definition) is 1. The third-order valence-electron chi connectivity index (χ3n) is 2.56. The van der Waals surface area contributed by atoms with E-state index in [1.54, 1.807) is 0 Å². The van der Waals surface area contributed by atoms with Crippen molar-refractivity contribution in [2.24, 2.45) is 0 Å². The summed E-state index contributed by atoms with van der Waals surface area (Å²) in [4.78, 5) is 0. The van der Waals surface area contributed by atoms with Gasteiger partial charge in [-0.1, -0.05) is 13.8 Å². The summed E-state index contributed by atoms with van der Waals surface area (Å²) < 4.78 is 5.73. The third kappa shape index (κ3) is 4.22. The van der Waals surface area contributed by atoms with E-state index in [9.17, 15) is 0 Å². The molecular formula is C13H23NOS. The molecule has 2 unspecified atom stereocenters. The first-order chi connectivity index (χ1) is 7.67. The van der Waals surface area contributed by atoms with Gasteiger partial charge in [0.05, 0.1) is 6.04 Å². The average Bonchev–Trinajstić information content (AvgIpc) is 2.74. The van der Waals surface area contributed by atoms with Crippen molar-refractivity contribution in [3.8, 4) is 0 Å². The zero-order valence-electron chi connectivity index (χ0n) is 10.7. The van der Waals surface area contributed by atoms with Crippen LogP contribution in [0.4, 0.5) is 0 Å². The quantitative estimate of drug-likeness (QED) is 0.789. The van der Waals surface area contributed by atoms with Crippen molar-refractivity contribution < 1.29 is 4.42 Å². The van der Waals surface area contributed by atoms with Crippen LogP contribution in [0.2, 0.25) is 0 Å². The fourth-order valence-corrected chi connectivity index (χ4v) is 2.35. The second-order valence-electron chi connectivity index (χ2n) is 4.11. The molecule has 0 aliphatic heterocycles. The standard InChI is InChI=1S/C13H23NOS/c1-5-12-7-8-13(15-12)11(4)14-10(3)9-16-6-2/h7-8,10-11,14H,5-6,9H2,1-4H3. The maximum Gasteiger partial charge on any atom is 0.120 e. The van der Waals surface area contributed by atoms with E-state index >= 15 is 0 Å². The Labute approximate surface area is 103 Å². The molecule has 0 spiro atoms. The van der Waals surface area contributed by atoms with Crippen molar-refractivity contribution in [3.63, 3.8) is 0 Å². The Balaban J connectivity index is 2.41. The highest BCUT2D eigenvalue weighted by molar-refractivity contribution is 7.99. The van der Waals surface area contributed by atoms with Gasteiger partial charge in [0, 0.05) is 18.2 Å². The van der Waals surface area contributed by atoms with Gasteiger partial charge in [0.2, 0.25) is 0 Å². The van der Waals surface area contributed by atoms with E-state index in [1.807, 2.05) is 11.8 Å². The summed E-state index contributed by atoms with van der Waals surface area (Å²) in [7, 11) is 0. The largest absolute Gasteiger partial charge is 0.464 e. The summed E-state index contributed by atoms with van der Waals surface area (Å²) in [5.41, 5.74) is 0. The van der Waals surface area contributed by atoms with Gasteiger partial charge in [0.1, 0.15) is 11.5 Å². The lowest BCUT2D eigenvalue weighted by Gasteiger charge is -2.17. The van der Waals surface area contributed by atoms with Crippen LogP contribution in [-0.2, 0) is 6.42 Å². The van der Waals surface area contributed by atoms with Crippen LogP contribution in [0.5, 0.6) is 0 Å². The Hall–Kier alpha value is -0.410. The number of nitrogens with one attached hydrogen (secondary N) is 1. The Morgan fingerprint density at radius 2 is 2.06 bits per heavy atom. The van der Waals surface area contributed by atoms with E-state index in [1.165, 1.54) is 5.75 Å². The van der Waals surface area contributed by atoms with Gasteiger partial charge in [-0.15, -0.1) is 0 Å². The van der Waals surface area contributed by atoms with Gasteiger partial charge in [0.15, 0.2) is 0 Å². The van der Waals surface area contributed by atoms with Crippen LogP contribution in [0.15, 0.2) is 16.5 Å². The van der Waals surface area contributed by atoms with Crippen LogP contribution >= 0.6 is 11.8 Å². The van der Waals surface area contributed by atoms with E-state index in [0.29, 0.717) is 12.1 Å². The van der Waals surface area contributed by atoms with Crippen molar-refractivity contribution in [1.29, 1.82) is 0 Å². The van der Waals surface area contributed by atoms with Crippen LogP contribution < -0.4 is 5.32 Å². The number of thioether (sulfide) groups is 1. The summed E-state index contributed by atoms with van der Waals surface area (Å²) >= 11 is 1.97. The maximum absolute atomic E-state index is 5.73. The summed E-state index contributed by atoms with van der Waals surface area (Å²) in [6, 6.07) is 4.97. The molecule has 1 heterocycles. The predicted molar refractivity (Wildman–Crippen MR) is 72.1 cm³/mol. The van der Waals surface area contributed by atoms with Crippen molar-refractivity contribution in [1.82, 2.24) is 5.32 Å². The Morgan fingerprint density at radius 3 is 2.62 bits per heavy atom. The van der Waals surface area contributed by atoms with Crippen molar-refractivity contribution >= 4 is 11.8 Å². The number of furan rings is 1. The van der Waals surface area contributed by atoms with E-state index in [-0.39, 0.29) is 0 Å². The fraction of sp³-hybridized carbons (Fsp3) is 0.692. The van der Waals surface area contributed by atoms with Crippen LogP contribution in [0.3, 0.4) is 0 Å². The van der Waals surface area contributed by atoms with E-state index < -0.39 is 0 Å². The first-order valence-electron chi connectivity index (χ1n) is 6.09. The molecule has 1 N–H and O–H groups in total. The van der Waals surface area contributed by atoms with Gasteiger partial charge in [-0.3, -0.25) is 0 Å². The highest BCUT2D eigenvalue weighted by Gasteiger charge is 2.12. The summed E-state index contributed by atoms with van der Waals surface area (Å²) in [5.74, 6) is 4.45. The monoisotopic (exact) mass is 241 g/mol. The predicted octanol–water partition coefficient (Wildman–Crippen LogP) is 3.63. The first kappa shape index (κ1) is 13.7. The Kier molecular flexibility index (Phi) is 5.99. The molecular weight excluding hydrogens is 218 g/mol. The normalized spacial score (nSPS) is 15.0. The molecule has 0 saturated carbocycles. The lowest BCUT2D eigenvalue weighted by molar-refractivity contribution is 0.393. The number of hydrogen-bond acceptors (Lipinski definition) is 3. The van der Waals surface area contributed by atoms with Crippen molar-refractivity contribution in [3.05, 3.63) is 23.7 Å². The Morgan fingerprint density at radius 1 is 1.31 bits per heavy atom.